The van der Waals surface area contributed by atoms with Crippen LogP contribution >= 0.6 is 28.3 Å². The molecule has 0 aliphatic heterocycles. The van der Waals surface area contributed by atoms with Crippen LogP contribution < -0.4 is 5.32 Å². The van der Waals surface area contributed by atoms with Gasteiger partial charge in [-0.05, 0) is 18.1 Å². The van der Waals surface area contributed by atoms with Crippen LogP contribution in [0.1, 0.15) is 32.0 Å². The minimum absolute atomic E-state index is 0. The van der Waals surface area contributed by atoms with Crippen LogP contribution in [0.15, 0.2) is 35.8 Å². The van der Waals surface area contributed by atoms with Crippen molar-refractivity contribution in [1.29, 1.82) is 0 Å². The molecule has 0 amide bonds. The van der Waals surface area contributed by atoms with Gasteiger partial charge in [-0.1, -0.05) is 39.0 Å². The maximum absolute atomic E-state index is 4.66. The summed E-state index contributed by atoms with van der Waals surface area (Å²) < 4.78 is 0. The smallest absolute Gasteiger partial charge is 0.182 e. The Hall–Kier alpha value is -1.33. The molecule has 3 nitrogen and oxygen atoms in total. The number of rotatable bonds is 4. The van der Waals surface area contributed by atoms with Crippen molar-refractivity contribution in [3.8, 4) is 0 Å². The van der Waals surface area contributed by atoms with Crippen molar-refractivity contribution >= 4 is 44.4 Å². The van der Waals surface area contributed by atoms with Crippen LogP contribution in [0.4, 0.5) is 5.13 Å². The lowest BCUT2D eigenvalue weighted by Crippen LogP contribution is -2.12. The molecule has 0 saturated carbocycles. The summed E-state index contributed by atoms with van der Waals surface area (Å²) in [6, 6.07) is 8.43. The van der Waals surface area contributed by atoms with E-state index in [0.717, 1.165) is 23.8 Å². The Bertz CT molecular complexity index is 740. The Morgan fingerprint density at radius 3 is 2.73 bits per heavy atom. The number of para-hydroxylation sites is 1. The number of hydrogen-bond donors (Lipinski definition) is 2. The third kappa shape index (κ3) is 3.70. The molecule has 0 radical (unpaired) electrons. The summed E-state index contributed by atoms with van der Waals surface area (Å²) in [5, 5.41) is 7.91. The van der Waals surface area contributed by atoms with Crippen molar-refractivity contribution in [2.24, 2.45) is 0 Å². The molecule has 0 aliphatic rings. The van der Waals surface area contributed by atoms with Gasteiger partial charge in [-0.15, -0.1) is 28.3 Å². The number of nitrogens with one attached hydrogen (secondary N) is 2. The van der Waals surface area contributed by atoms with E-state index in [2.05, 4.69) is 71.9 Å². The van der Waals surface area contributed by atoms with E-state index < -0.39 is 0 Å². The van der Waals surface area contributed by atoms with Crippen molar-refractivity contribution in [1.82, 2.24) is 9.97 Å². The lowest BCUT2D eigenvalue weighted by atomic mass is 9.93. The Morgan fingerprint density at radius 1 is 1.23 bits per heavy atom. The maximum Gasteiger partial charge on any atom is 0.182 e. The summed E-state index contributed by atoms with van der Waals surface area (Å²) in [5.74, 6) is 0. The van der Waals surface area contributed by atoms with Crippen molar-refractivity contribution in [3.63, 3.8) is 0 Å². The summed E-state index contributed by atoms with van der Waals surface area (Å²) in [5.41, 5.74) is 3.83. The van der Waals surface area contributed by atoms with Gasteiger partial charge in [0.2, 0.25) is 0 Å². The molecule has 0 fully saturated rings. The molecule has 0 unspecified atom stereocenters. The van der Waals surface area contributed by atoms with E-state index in [1.807, 2.05) is 0 Å². The van der Waals surface area contributed by atoms with E-state index in [0.29, 0.717) is 0 Å². The Labute approximate surface area is 145 Å². The van der Waals surface area contributed by atoms with Gasteiger partial charge in [-0.3, -0.25) is 0 Å². The highest BCUT2D eigenvalue weighted by atomic mass is 79.9. The molecule has 2 N–H and O–H groups in total. The van der Waals surface area contributed by atoms with Crippen molar-refractivity contribution in [2.75, 3.05) is 11.9 Å². The first-order valence-electron chi connectivity index (χ1n) is 7.29. The molecule has 0 aliphatic carbocycles. The molecule has 0 saturated heterocycles. The molecule has 3 aromatic rings. The van der Waals surface area contributed by atoms with E-state index in [4.69, 9.17) is 0 Å². The average molecular weight is 380 g/mol. The first-order valence-corrected chi connectivity index (χ1v) is 8.17. The SMILES string of the molecule is Br.CC(C)(C)c1csc(NCCc2c[nH]c3ccccc23)n1. The highest BCUT2D eigenvalue weighted by Crippen LogP contribution is 2.26. The second-order valence-corrected chi connectivity index (χ2v) is 7.18. The zero-order valence-electron chi connectivity index (χ0n) is 13.1. The normalized spacial score (nSPS) is 11.4. The molecule has 5 heteroatoms. The second kappa shape index (κ2) is 6.84. The number of halogens is 1. The molecular formula is C17H22BrN3S. The lowest BCUT2D eigenvalue weighted by molar-refractivity contribution is 0.573. The van der Waals surface area contributed by atoms with Crippen LogP contribution in [-0.4, -0.2) is 16.5 Å². The van der Waals surface area contributed by atoms with Gasteiger partial charge in [0.1, 0.15) is 0 Å². The van der Waals surface area contributed by atoms with Crippen molar-refractivity contribution in [3.05, 3.63) is 47.1 Å². The predicted molar refractivity (Wildman–Crippen MR) is 102 cm³/mol. The van der Waals surface area contributed by atoms with E-state index >= 15 is 0 Å². The van der Waals surface area contributed by atoms with Crippen molar-refractivity contribution < 1.29 is 0 Å². The average Bonchev–Trinajstić information content (AvgIpc) is 3.06. The van der Waals surface area contributed by atoms with Crippen LogP contribution in [0.3, 0.4) is 0 Å². The summed E-state index contributed by atoms with van der Waals surface area (Å²) in [7, 11) is 0. The molecule has 0 spiro atoms. The van der Waals surface area contributed by atoms with E-state index in [1.54, 1.807) is 11.3 Å². The molecule has 0 atom stereocenters. The third-order valence-electron chi connectivity index (χ3n) is 3.62. The van der Waals surface area contributed by atoms with E-state index in [9.17, 15) is 0 Å². The molecule has 2 heterocycles. The van der Waals surface area contributed by atoms with Gasteiger partial charge in [0.25, 0.3) is 0 Å². The van der Waals surface area contributed by atoms with Gasteiger partial charge in [-0.25, -0.2) is 4.98 Å². The first kappa shape index (κ1) is 17.0. The predicted octanol–water partition coefficient (Wildman–Crippen LogP) is 5.15. The summed E-state index contributed by atoms with van der Waals surface area (Å²) >= 11 is 1.69. The Morgan fingerprint density at radius 2 is 2.00 bits per heavy atom. The molecule has 22 heavy (non-hydrogen) atoms. The fraction of sp³-hybridized carbons (Fsp3) is 0.353. The number of benzene rings is 1. The van der Waals surface area contributed by atoms with Gasteiger partial charge in [0.05, 0.1) is 5.69 Å². The number of hydrogen-bond acceptors (Lipinski definition) is 3. The fourth-order valence-corrected chi connectivity index (χ4v) is 3.31. The van der Waals surface area contributed by atoms with Crippen LogP contribution in [0, 0.1) is 0 Å². The summed E-state index contributed by atoms with van der Waals surface area (Å²) in [6.07, 6.45) is 3.10. The van der Waals surface area contributed by atoms with Crippen LogP contribution in [0.5, 0.6) is 0 Å². The molecule has 118 valence electrons. The highest BCUT2D eigenvalue weighted by Gasteiger charge is 2.17. The zero-order valence-corrected chi connectivity index (χ0v) is 15.7. The standard InChI is InChI=1S/C17H21N3S.BrH/c1-17(2,3)15-11-21-16(20-15)18-9-8-12-10-19-14-7-5-4-6-13(12)14;/h4-7,10-11,19H,8-9H2,1-3H3,(H,18,20);1H. The molecular weight excluding hydrogens is 358 g/mol. The Kier molecular flexibility index (Phi) is 5.29. The minimum Gasteiger partial charge on any atom is -0.361 e. The zero-order chi connectivity index (χ0) is 14.9. The fourth-order valence-electron chi connectivity index (χ4n) is 2.34. The van der Waals surface area contributed by atoms with Gasteiger partial charge >= 0.3 is 0 Å². The number of aromatic nitrogens is 2. The summed E-state index contributed by atoms with van der Waals surface area (Å²) in [4.78, 5) is 7.98. The van der Waals surface area contributed by atoms with Gasteiger partial charge < -0.3 is 10.3 Å². The van der Waals surface area contributed by atoms with Gasteiger partial charge in [0.15, 0.2) is 5.13 Å². The van der Waals surface area contributed by atoms with Crippen molar-refractivity contribution in [2.45, 2.75) is 32.6 Å². The molecule has 3 rings (SSSR count). The summed E-state index contributed by atoms with van der Waals surface area (Å²) in [6.45, 7) is 7.48. The monoisotopic (exact) mass is 379 g/mol. The topological polar surface area (TPSA) is 40.7 Å². The lowest BCUT2D eigenvalue weighted by Gasteiger charge is -2.14. The quantitative estimate of drug-likeness (QED) is 0.657. The van der Waals surface area contributed by atoms with Gasteiger partial charge in [-0.2, -0.15) is 0 Å². The third-order valence-corrected chi connectivity index (χ3v) is 4.42. The molecule has 1 aromatic carbocycles. The molecule has 0 bridgehead atoms. The van der Waals surface area contributed by atoms with Gasteiger partial charge in [0, 0.05) is 34.4 Å². The minimum atomic E-state index is 0. The first-order chi connectivity index (χ1) is 10.0. The number of nitrogens with zero attached hydrogens (tertiary/aromatic N) is 1. The number of aromatic amines is 1. The number of fused-ring (bicyclic) bond motifs is 1. The van der Waals surface area contributed by atoms with E-state index in [1.165, 1.54) is 16.5 Å². The number of H-pyrrole nitrogens is 1. The second-order valence-electron chi connectivity index (χ2n) is 6.32. The van der Waals surface area contributed by atoms with Crippen LogP contribution in [0.25, 0.3) is 10.9 Å². The number of thiazole rings is 1. The largest absolute Gasteiger partial charge is 0.361 e. The number of anilines is 1. The Balaban J connectivity index is 0.00000176. The van der Waals surface area contributed by atoms with E-state index in [-0.39, 0.29) is 22.4 Å². The van der Waals surface area contributed by atoms with Crippen LogP contribution in [0.2, 0.25) is 0 Å². The maximum atomic E-state index is 4.66. The van der Waals surface area contributed by atoms with Crippen LogP contribution in [-0.2, 0) is 11.8 Å². The highest BCUT2D eigenvalue weighted by molar-refractivity contribution is 8.93. The molecule has 2 aromatic heterocycles.